The van der Waals surface area contributed by atoms with Crippen LogP contribution < -0.4 is 4.90 Å². The molecule has 7 heteroatoms. The Morgan fingerprint density at radius 3 is 2.67 bits per heavy atom. The summed E-state index contributed by atoms with van der Waals surface area (Å²) in [5, 5.41) is 4.11. The van der Waals surface area contributed by atoms with Gasteiger partial charge in [0, 0.05) is 30.4 Å². The maximum atomic E-state index is 13.2. The summed E-state index contributed by atoms with van der Waals surface area (Å²) >= 11 is 0. The van der Waals surface area contributed by atoms with Gasteiger partial charge in [-0.1, -0.05) is 32.0 Å². The normalized spacial score (nSPS) is 24.1. The van der Waals surface area contributed by atoms with Crippen molar-refractivity contribution in [3.63, 3.8) is 0 Å². The van der Waals surface area contributed by atoms with Crippen molar-refractivity contribution in [2.24, 2.45) is 5.10 Å². The summed E-state index contributed by atoms with van der Waals surface area (Å²) in [5.74, 6) is -0.744. The minimum Gasteiger partial charge on any atom is -0.344 e. The number of allylic oxidation sites excluding steroid dienone is 3. The number of carbonyl (C=O) groups excluding carboxylic acids is 1. The van der Waals surface area contributed by atoms with E-state index >= 15 is 0 Å². The molecule has 0 spiro atoms. The van der Waals surface area contributed by atoms with Gasteiger partial charge in [-0.25, -0.2) is 5.01 Å². The summed E-state index contributed by atoms with van der Waals surface area (Å²) in [5.41, 5.74) is 2.59. The SMILES string of the molecule is CN1N=C(C(F)(F)F)/C(=C/C=C2/N3CCCc4cccc(c43)C2(C)C)C1=O. The molecule has 0 aromatic heterocycles. The highest BCUT2D eigenvalue weighted by Crippen LogP contribution is 2.51. The number of hydrogen-bond acceptors (Lipinski definition) is 3. The molecule has 0 radical (unpaired) electrons. The number of rotatable bonds is 1. The third kappa shape index (κ3) is 2.59. The maximum Gasteiger partial charge on any atom is 0.435 e. The molecule has 0 unspecified atom stereocenters. The number of nitrogens with zero attached hydrogens (tertiary/aromatic N) is 3. The summed E-state index contributed by atoms with van der Waals surface area (Å²) in [6, 6.07) is 6.21. The molecule has 27 heavy (non-hydrogen) atoms. The van der Waals surface area contributed by atoms with Crippen molar-refractivity contribution in [3.05, 3.63) is 52.7 Å². The second-order valence-corrected chi connectivity index (χ2v) is 7.60. The second-order valence-electron chi connectivity index (χ2n) is 7.60. The second kappa shape index (κ2) is 5.71. The maximum absolute atomic E-state index is 13.2. The van der Waals surface area contributed by atoms with E-state index < -0.39 is 23.4 Å². The van der Waals surface area contributed by atoms with Crippen LogP contribution in [0.1, 0.15) is 31.4 Å². The Morgan fingerprint density at radius 1 is 1.22 bits per heavy atom. The molecule has 3 aliphatic rings. The van der Waals surface area contributed by atoms with Crippen LogP contribution >= 0.6 is 0 Å². The predicted octanol–water partition coefficient (Wildman–Crippen LogP) is 3.93. The summed E-state index contributed by atoms with van der Waals surface area (Å²) in [4.78, 5) is 14.3. The topological polar surface area (TPSA) is 35.9 Å². The van der Waals surface area contributed by atoms with Crippen molar-refractivity contribution in [2.45, 2.75) is 38.3 Å². The molecule has 142 valence electrons. The van der Waals surface area contributed by atoms with E-state index in [4.69, 9.17) is 0 Å². The average Bonchev–Trinajstić information content (AvgIpc) is 3.00. The summed E-state index contributed by atoms with van der Waals surface area (Å²) in [6.45, 7) is 4.94. The number of aryl methyl sites for hydroxylation is 1. The van der Waals surface area contributed by atoms with Crippen molar-refractivity contribution in [3.8, 4) is 0 Å². The monoisotopic (exact) mass is 375 g/mol. The van der Waals surface area contributed by atoms with E-state index in [9.17, 15) is 18.0 Å². The van der Waals surface area contributed by atoms with Gasteiger partial charge < -0.3 is 4.90 Å². The Bertz CT molecular complexity index is 925. The van der Waals surface area contributed by atoms with Gasteiger partial charge in [0.2, 0.25) is 0 Å². The first-order valence-corrected chi connectivity index (χ1v) is 8.89. The quantitative estimate of drug-likeness (QED) is 0.698. The molecular formula is C20H20F3N3O. The van der Waals surface area contributed by atoms with E-state index in [0.717, 1.165) is 35.8 Å². The van der Waals surface area contributed by atoms with Crippen LogP contribution in [-0.4, -0.2) is 36.4 Å². The Balaban J connectivity index is 1.81. The lowest BCUT2D eigenvalue weighted by Gasteiger charge is -2.30. The minimum atomic E-state index is -4.67. The summed E-state index contributed by atoms with van der Waals surface area (Å²) in [7, 11) is 1.23. The van der Waals surface area contributed by atoms with Crippen molar-refractivity contribution in [2.75, 3.05) is 18.5 Å². The molecule has 0 N–H and O–H groups in total. The Labute approximate surface area is 155 Å². The largest absolute Gasteiger partial charge is 0.435 e. The first kappa shape index (κ1) is 17.8. The van der Waals surface area contributed by atoms with E-state index in [2.05, 4.69) is 36.0 Å². The van der Waals surface area contributed by atoms with E-state index in [-0.39, 0.29) is 5.41 Å². The van der Waals surface area contributed by atoms with Crippen LogP contribution in [0.3, 0.4) is 0 Å². The average molecular weight is 375 g/mol. The molecule has 0 saturated heterocycles. The van der Waals surface area contributed by atoms with Crippen LogP contribution in [0.2, 0.25) is 0 Å². The van der Waals surface area contributed by atoms with Crippen molar-refractivity contribution in [1.82, 2.24) is 5.01 Å². The Kier molecular flexibility index (Phi) is 3.77. The number of likely N-dealkylation sites (N-methyl/N-ethyl adjacent to an activating group) is 1. The van der Waals surface area contributed by atoms with Crippen LogP contribution in [0.15, 0.2) is 46.7 Å². The number of carbonyl (C=O) groups is 1. The number of amides is 1. The molecule has 3 heterocycles. The standard InChI is InChI=1S/C20H20F3N3O/c1-19(2)14-8-4-6-12-7-5-11-26(16(12)14)15(19)10-9-13-17(20(21,22)23)24-25(3)18(13)27/h4,6,8-10H,5,7,11H2,1-3H3/b13-9-,15-10+. The van der Waals surface area contributed by atoms with Gasteiger partial charge >= 0.3 is 6.18 Å². The van der Waals surface area contributed by atoms with Crippen molar-refractivity contribution in [1.29, 1.82) is 0 Å². The smallest absolute Gasteiger partial charge is 0.344 e. The van der Waals surface area contributed by atoms with Crippen LogP contribution in [-0.2, 0) is 16.6 Å². The molecule has 0 aliphatic carbocycles. The first-order valence-electron chi connectivity index (χ1n) is 8.89. The Hall–Kier alpha value is -2.57. The zero-order valence-electron chi connectivity index (χ0n) is 15.4. The van der Waals surface area contributed by atoms with E-state index in [1.54, 1.807) is 6.08 Å². The van der Waals surface area contributed by atoms with E-state index in [0.29, 0.717) is 0 Å². The Morgan fingerprint density at radius 2 is 1.96 bits per heavy atom. The molecule has 0 atom stereocenters. The zero-order valence-corrected chi connectivity index (χ0v) is 15.4. The molecule has 0 bridgehead atoms. The lowest BCUT2D eigenvalue weighted by atomic mass is 9.83. The minimum absolute atomic E-state index is 0.351. The lowest BCUT2D eigenvalue weighted by molar-refractivity contribution is -0.124. The molecule has 1 aromatic rings. The third-order valence-electron chi connectivity index (χ3n) is 5.53. The highest BCUT2D eigenvalue weighted by molar-refractivity contribution is 6.26. The third-order valence-corrected chi connectivity index (χ3v) is 5.53. The van der Waals surface area contributed by atoms with Gasteiger partial charge in [-0.15, -0.1) is 0 Å². The molecule has 1 aromatic carbocycles. The zero-order chi connectivity index (χ0) is 19.6. The number of alkyl halides is 3. The number of halogens is 3. The van der Waals surface area contributed by atoms with Crippen molar-refractivity contribution < 1.29 is 18.0 Å². The van der Waals surface area contributed by atoms with Crippen LogP contribution in [0, 0.1) is 0 Å². The predicted molar refractivity (Wildman–Crippen MR) is 97.6 cm³/mol. The summed E-state index contributed by atoms with van der Waals surface area (Å²) < 4.78 is 39.7. The fourth-order valence-electron chi connectivity index (χ4n) is 4.22. The molecule has 1 amide bonds. The van der Waals surface area contributed by atoms with Gasteiger partial charge in [0.05, 0.1) is 5.57 Å². The lowest BCUT2D eigenvalue weighted by Crippen LogP contribution is -2.29. The molecule has 4 nitrogen and oxygen atoms in total. The fraction of sp³-hybridized carbons (Fsp3) is 0.400. The molecule has 0 saturated carbocycles. The van der Waals surface area contributed by atoms with Gasteiger partial charge in [-0.05, 0) is 36.1 Å². The van der Waals surface area contributed by atoms with E-state index in [1.165, 1.54) is 24.3 Å². The van der Waals surface area contributed by atoms with Gasteiger partial charge in [0.15, 0.2) is 5.71 Å². The first-order chi connectivity index (χ1) is 12.6. The molecule has 0 fully saturated rings. The molecule has 3 aliphatic heterocycles. The highest BCUT2D eigenvalue weighted by atomic mass is 19.4. The van der Waals surface area contributed by atoms with Crippen LogP contribution in [0.4, 0.5) is 18.9 Å². The van der Waals surface area contributed by atoms with Gasteiger partial charge in [0.1, 0.15) is 0 Å². The van der Waals surface area contributed by atoms with Gasteiger partial charge in [-0.2, -0.15) is 18.3 Å². The number of hydrogen-bond donors (Lipinski definition) is 0. The van der Waals surface area contributed by atoms with Gasteiger partial charge in [0.25, 0.3) is 5.91 Å². The van der Waals surface area contributed by atoms with Crippen LogP contribution in [0.25, 0.3) is 0 Å². The van der Waals surface area contributed by atoms with Gasteiger partial charge in [-0.3, -0.25) is 4.79 Å². The number of hydrazone groups is 1. The van der Waals surface area contributed by atoms with Crippen molar-refractivity contribution >= 4 is 17.3 Å². The van der Waals surface area contributed by atoms with Crippen LogP contribution in [0.5, 0.6) is 0 Å². The fourth-order valence-corrected chi connectivity index (χ4v) is 4.22. The number of anilines is 1. The summed E-state index contributed by atoms with van der Waals surface area (Å²) in [6.07, 6.45) is 0.241. The highest BCUT2D eigenvalue weighted by Gasteiger charge is 2.46. The van der Waals surface area contributed by atoms with E-state index in [1.807, 2.05) is 6.07 Å². The number of para-hydroxylation sites is 1. The molecule has 4 rings (SSSR count). The molecular weight excluding hydrogens is 355 g/mol. The number of benzene rings is 1.